The molecule has 140 valence electrons. The van der Waals surface area contributed by atoms with Crippen LogP contribution in [0.5, 0.6) is 11.5 Å². The maximum atomic E-state index is 11.6. The van der Waals surface area contributed by atoms with Gasteiger partial charge in [-0.2, -0.15) is 0 Å². The second-order valence-corrected chi connectivity index (χ2v) is 7.83. The van der Waals surface area contributed by atoms with Gasteiger partial charge in [0.05, 0.1) is 0 Å². The van der Waals surface area contributed by atoms with Gasteiger partial charge in [-0.15, -0.1) is 0 Å². The van der Waals surface area contributed by atoms with Gasteiger partial charge in [0.2, 0.25) is 0 Å². The SMILES string of the molecule is CC(=O)Oc1ccc2c3c1O[C@H]1C[C@@H](OC(C)=O)C(C)[C@@]31CCN(C)C2. The number of carbonyl (C=O) groups is 2. The second kappa shape index (κ2) is 5.98. The van der Waals surface area contributed by atoms with Crippen LogP contribution in [0.15, 0.2) is 12.1 Å². The number of hydrogen-bond donors (Lipinski definition) is 0. The fraction of sp³-hybridized carbons (Fsp3) is 0.600. The van der Waals surface area contributed by atoms with Crippen molar-refractivity contribution in [3.8, 4) is 11.5 Å². The van der Waals surface area contributed by atoms with Gasteiger partial charge in [0.15, 0.2) is 11.5 Å². The molecule has 6 heteroatoms. The lowest BCUT2D eigenvalue weighted by Gasteiger charge is -2.33. The van der Waals surface area contributed by atoms with Crippen LogP contribution in [-0.2, 0) is 26.3 Å². The molecule has 2 aliphatic heterocycles. The molecule has 1 aromatic carbocycles. The highest BCUT2D eigenvalue weighted by Crippen LogP contribution is 2.61. The van der Waals surface area contributed by atoms with Crippen molar-refractivity contribution in [2.75, 3.05) is 13.6 Å². The monoisotopic (exact) mass is 359 g/mol. The van der Waals surface area contributed by atoms with E-state index < -0.39 is 0 Å². The molecule has 26 heavy (non-hydrogen) atoms. The van der Waals surface area contributed by atoms with Crippen LogP contribution in [0, 0.1) is 5.92 Å². The predicted octanol–water partition coefficient (Wildman–Crippen LogP) is 2.42. The smallest absolute Gasteiger partial charge is 0.308 e. The highest BCUT2D eigenvalue weighted by molar-refractivity contribution is 5.72. The third-order valence-electron chi connectivity index (χ3n) is 6.24. The molecule has 1 unspecified atom stereocenters. The van der Waals surface area contributed by atoms with E-state index in [-0.39, 0.29) is 35.5 Å². The van der Waals surface area contributed by atoms with Gasteiger partial charge in [0.25, 0.3) is 0 Å². The lowest BCUT2D eigenvalue weighted by atomic mass is 9.69. The molecular weight excluding hydrogens is 334 g/mol. The molecule has 2 heterocycles. The van der Waals surface area contributed by atoms with Crippen LogP contribution in [0.4, 0.5) is 0 Å². The fourth-order valence-electron chi connectivity index (χ4n) is 5.16. The zero-order valence-electron chi connectivity index (χ0n) is 15.7. The quantitative estimate of drug-likeness (QED) is 0.597. The molecule has 6 nitrogen and oxygen atoms in total. The molecule has 0 amide bonds. The van der Waals surface area contributed by atoms with Gasteiger partial charge in [-0.25, -0.2) is 0 Å². The van der Waals surface area contributed by atoms with Crippen LogP contribution in [0.2, 0.25) is 0 Å². The van der Waals surface area contributed by atoms with E-state index in [0.717, 1.165) is 25.1 Å². The summed E-state index contributed by atoms with van der Waals surface area (Å²) < 4.78 is 17.4. The normalized spacial score (nSPS) is 32.2. The van der Waals surface area contributed by atoms with Crippen molar-refractivity contribution < 1.29 is 23.8 Å². The van der Waals surface area contributed by atoms with Gasteiger partial charge < -0.3 is 19.1 Å². The van der Waals surface area contributed by atoms with Crippen molar-refractivity contribution >= 4 is 11.9 Å². The number of esters is 2. The third kappa shape index (κ3) is 2.42. The fourth-order valence-corrected chi connectivity index (χ4v) is 5.16. The maximum absolute atomic E-state index is 11.6. The standard InChI is InChI=1S/C20H25NO5/c1-11-16(25-13(3)23)9-17-20(11)7-8-21(4)10-14-5-6-15(24-12(2)22)19(26-17)18(14)20/h5-6,11,16-17H,7-10H2,1-4H3/t11?,16-,17+,20-/m1/s1. The van der Waals surface area contributed by atoms with Crippen LogP contribution < -0.4 is 9.47 Å². The molecule has 1 aliphatic carbocycles. The Morgan fingerprint density at radius 1 is 1.27 bits per heavy atom. The maximum Gasteiger partial charge on any atom is 0.308 e. The number of rotatable bonds is 2. The zero-order valence-corrected chi connectivity index (χ0v) is 15.7. The molecule has 0 saturated heterocycles. The van der Waals surface area contributed by atoms with E-state index in [1.807, 2.05) is 12.1 Å². The molecule has 0 N–H and O–H groups in total. The molecule has 1 aromatic rings. The summed E-state index contributed by atoms with van der Waals surface area (Å²) in [6, 6.07) is 3.87. The van der Waals surface area contributed by atoms with Crippen LogP contribution in [-0.4, -0.2) is 42.6 Å². The Morgan fingerprint density at radius 2 is 2.04 bits per heavy atom. The summed E-state index contributed by atoms with van der Waals surface area (Å²) in [4.78, 5) is 25.4. The number of nitrogens with zero attached hydrogens (tertiary/aromatic N) is 1. The van der Waals surface area contributed by atoms with E-state index in [0.29, 0.717) is 17.9 Å². The van der Waals surface area contributed by atoms with Crippen molar-refractivity contribution in [3.05, 3.63) is 23.3 Å². The van der Waals surface area contributed by atoms with Gasteiger partial charge in [-0.3, -0.25) is 9.59 Å². The third-order valence-corrected chi connectivity index (χ3v) is 6.24. The van der Waals surface area contributed by atoms with E-state index in [1.165, 1.54) is 19.4 Å². The van der Waals surface area contributed by atoms with Crippen LogP contribution >= 0.6 is 0 Å². The van der Waals surface area contributed by atoms with Gasteiger partial charge in [-0.05, 0) is 31.6 Å². The number of benzene rings is 1. The summed E-state index contributed by atoms with van der Waals surface area (Å²) in [5, 5.41) is 0. The van der Waals surface area contributed by atoms with Crippen LogP contribution in [0.1, 0.15) is 44.7 Å². The average Bonchev–Trinajstić information content (AvgIpc) is 2.93. The second-order valence-electron chi connectivity index (χ2n) is 7.83. The Labute approximate surface area is 153 Å². The highest BCUT2D eigenvalue weighted by atomic mass is 16.6. The van der Waals surface area contributed by atoms with E-state index in [4.69, 9.17) is 14.2 Å². The molecule has 1 fully saturated rings. The molecule has 4 atom stereocenters. The molecular formula is C20H25NO5. The van der Waals surface area contributed by atoms with E-state index in [2.05, 4.69) is 18.9 Å². The Balaban J connectivity index is 1.85. The topological polar surface area (TPSA) is 65.1 Å². The highest BCUT2D eigenvalue weighted by Gasteiger charge is 2.62. The Kier molecular flexibility index (Phi) is 3.99. The van der Waals surface area contributed by atoms with Crippen molar-refractivity contribution in [3.63, 3.8) is 0 Å². The zero-order chi connectivity index (χ0) is 18.6. The van der Waals surface area contributed by atoms with Crippen molar-refractivity contribution in [1.82, 2.24) is 4.90 Å². The minimum Gasteiger partial charge on any atom is -0.485 e. The largest absolute Gasteiger partial charge is 0.485 e. The molecule has 4 rings (SSSR count). The number of hydrogen-bond acceptors (Lipinski definition) is 6. The van der Waals surface area contributed by atoms with Crippen LogP contribution in [0.3, 0.4) is 0 Å². The van der Waals surface area contributed by atoms with Crippen LogP contribution in [0.25, 0.3) is 0 Å². The lowest BCUT2D eigenvalue weighted by molar-refractivity contribution is -0.148. The molecule has 3 aliphatic rings. The minimum absolute atomic E-state index is 0.0705. The Bertz CT molecular complexity index is 776. The summed E-state index contributed by atoms with van der Waals surface area (Å²) in [7, 11) is 2.11. The lowest BCUT2D eigenvalue weighted by Crippen LogP contribution is -2.40. The summed E-state index contributed by atoms with van der Waals surface area (Å²) in [6.45, 7) is 6.77. The van der Waals surface area contributed by atoms with Gasteiger partial charge in [0, 0.05) is 43.7 Å². The molecule has 1 spiro atoms. The first-order chi connectivity index (χ1) is 12.3. The van der Waals surface area contributed by atoms with Gasteiger partial charge in [0.1, 0.15) is 12.2 Å². The first-order valence-corrected chi connectivity index (χ1v) is 9.20. The molecule has 1 saturated carbocycles. The molecule has 0 radical (unpaired) electrons. The average molecular weight is 359 g/mol. The Hall–Kier alpha value is -2.08. The molecule has 0 bridgehead atoms. The van der Waals surface area contributed by atoms with Crippen molar-refractivity contribution in [1.29, 1.82) is 0 Å². The Morgan fingerprint density at radius 3 is 2.73 bits per heavy atom. The summed E-state index contributed by atoms with van der Waals surface area (Å²) in [5.41, 5.74) is 2.13. The summed E-state index contributed by atoms with van der Waals surface area (Å²) >= 11 is 0. The van der Waals surface area contributed by atoms with Gasteiger partial charge in [-0.1, -0.05) is 13.0 Å². The first-order valence-electron chi connectivity index (χ1n) is 9.20. The van der Waals surface area contributed by atoms with Gasteiger partial charge >= 0.3 is 11.9 Å². The van der Waals surface area contributed by atoms with E-state index in [1.54, 1.807) is 0 Å². The van der Waals surface area contributed by atoms with Crippen molar-refractivity contribution in [2.45, 2.75) is 57.8 Å². The molecule has 0 aromatic heterocycles. The van der Waals surface area contributed by atoms with E-state index >= 15 is 0 Å². The van der Waals surface area contributed by atoms with E-state index in [9.17, 15) is 9.59 Å². The number of ether oxygens (including phenoxy) is 3. The number of carbonyl (C=O) groups excluding carboxylic acids is 2. The first kappa shape index (κ1) is 17.3. The summed E-state index contributed by atoms with van der Waals surface area (Å²) in [5.74, 6) is 0.720. The minimum atomic E-state index is -0.354. The van der Waals surface area contributed by atoms with Crippen molar-refractivity contribution in [2.24, 2.45) is 5.92 Å². The predicted molar refractivity (Wildman–Crippen MR) is 94.1 cm³/mol. The summed E-state index contributed by atoms with van der Waals surface area (Å²) in [6.07, 6.45) is 1.37.